The van der Waals surface area contributed by atoms with E-state index in [9.17, 15) is 14.7 Å². The smallest absolute Gasteiger partial charge is 0.356 e. The van der Waals surface area contributed by atoms with E-state index < -0.39 is 12.0 Å². The summed E-state index contributed by atoms with van der Waals surface area (Å²) in [6, 6.07) is 10.0. The summed E-state index contributed by atoms with van der Waals surface area (Å²) in [4.78, 5) is 39.0. The van der Waals surface area contributed by atoms with Gasteiger partial charge in [0.15, 0.2) is 16.9 Å². The first-order valence-electron chi connectivity index (χ1n) is 11.1. The Bertz CT molecular complexity index is 1740. The first-order chi connectivity index (χ1) is 17.1. The highest BCUT2D eigenvalue weighted by molar-refractivity contribution is 7.18. The number of hydrogen-bond acceptors (Lipinski definition) is 8. The molecule has 0 amide bonds. The fraction of sp³-hybridized carbons (Fsp3) is 0.192. The van der Waals surface area contributed by atoms with Crippen LogP contribution < -0.4 is 10.7 Å². The van der Waals surface area contributed by atoms with E-state index in [1.165, 1.54) is 17.4 Å². The van der Waals surface area contributed by atoms with Crippen LogP contribution in [0.25, 0.3) is 32.8 Å². The third kappa shape index (κ3) is 4.20. The van der Waals surface area contributed by atoms with Gasteiger partial charge in [0.05, 0.1) is 22.1 Å². The van der Waals surface area contributed by atoms with Crippen molar-refractivity contribution in [2.24, 2.45) is 0 Å². The number of nitrogens with zero attached hydrogens (tertiary/aromatic N) is 3. The Balaban J connectivity index is 1.67. The van der Waals surface area contributed by atoms with Gasteiger partial charge in [0.2, 0.25) is 0 Å². The number of aryl methyl sites for hydroxylation is 2. The molecule has 1 aromatic carbocycles. The van der Waals surface area contributed by atoms with Crippen LogP contribution in [0.2, 0.25) is 5.15 Å². The summed E-state index contributed by atoms with van der Waals surface area (Å²) >= 11 is 7.37. The van der Waals surface area contributed by atoms with E-state index in [1.54, 1.807) is 25.1 Å². The van der Waals surface area contributed by atoms with Crippen LogP contribution in [0.4, 0.5) is 5.69 Å². The maximum atomic E-state index is 13.4. The van der Waals surface area contributed by atoms with Crippen molar-refractivity contribution in [1.82, 2.24) is 15.0 Å². The van der Waals surface area contributed by atoms with Gasteiger partial charge in [0.1, 0.15) is 26.8 Å². The van der Waals surface area contributed by atoms with Gasteiger partial charge in [-0.05, 0) is 63.6 Å². The summed E-state index contributed by atoms with van der Waals surface area (Å²) in [5.74, 6) is -0.817. The number of halogens is 1. The molecule has 4 heterocycles. The van der Waals surface area contributed by atoms with Crippen molar-refractivity contribution in [2.75, 3.05) is 5.32 Å². The number of thiazole rings is 1. The second kappa shape index (κ2) is 9.00. The quantitative estimate of drug-likeness (QED) is 0.259. The van der Waals surface area contributed by atoms with Crippen molar-refractivity contribution in [3.63, 3.8) is 0 Å². The average molecular weight is 521 g/mol. The van der Waals surface area contributed by atoms with Crippen LogP contribution in [-0.2, 0) is 0 Å². The normalized spacial score (nSPS) is 12.2. The SMILES string of the molecule is Cc1cc(C(C)Nc2ccc(Cl)nc2C(=O)O)c2oc(-c3ccc4nc(C)sc4n3)c(C)c(=O)c2c1. The molecule has 0 aliphatic carbocycles. The number of carboxylic acids is 1. The predicted molar refractivity (Wildman–Crippen MR) is 141 cm³/mol. The van der Waals surface area contributed by atoms with Crippen LogP contribution >= 0.6 is 22.9 Å². The maximum Gasteiger partial charge on any atom is 0.356 e. The lowest BCUT2D eigenvalue weighted by molar-refractivity contribution is 0.0691. The largest absolute Gasteiger partial charge is 0.476 e. The molecule has 182 valence electrons. The monoisotopic (exact) mass is 520 g/mol. The molecule has 0 aliphatic heterocycles. The first-order valence-corrected chi connectivity index (χ1v) is 12.3. The number of carboxylic acid groups (broad SMARTS) is 1. The molecule has 1 unspecified atom stereocenters. The van der Waals surface area contributed by atoms with E-state index in [1.807, 2.05) is 32.9 Å². The van der Waals surface area contributed by atoms with Crippen molar-refractivity contribution >= 4 is 55.9 Å². The molecule has 4 aromatic heterocycles. The molecular formula is C26H21ClN4O4S. The number of benzene rings is 1. The number of carbonyl (C=O) groups is 1. The third-order valence-electron chi connectivity index (χ3n) is 5.89. The molecule has 0 saturated heterocycles. The molecule has 0 radical (unpaired) electrons. The Morgan fingerprint density at radius 2 is 1.89 bits per heavy atom. The van der Waals surface area contributed by atoms with Crippen LogP contribution in [0, 0.1) is 20.8 Å². The summed E-state index contributed by atoms with van der Waals surface area (Å²) in [6.07, 6.45) is 0. The highest BCUT2D eigenvalue weighted by atomic mass is 35.5. The van der Waals surface area contributed by atoms with E-state index >= 15 is 0 Å². The number of fused-ring (bicyclic) bond motifs is 2. The van der Waals surface area contributed by atoms with Gasteiger partial charge in [0.25, 0.3) is 0 Å². The number of aromatic carboxylic acids is 1. The predicted octanol–water partition coefficient (Wildman–Crippen LogP) is 6.31. The Labute approximate surface area is 214 Å². The molecule has 8 nitrogen and oxygen atoms in total. The number of rotatable bonds is 5. The molecule has 1 atom stereocenters. The molecule has 5 aromatic rings. The highest BCUT2D eigenvalue weighted by Crippen LogP contribution is 2.33. The van der Waals surface area contributed by atoms with Crippen LogP contribution in [-0.4, -0.2) is 26.0 Å². The van der Waals surface area contributed by atoms with Crippen molar-refractivity contribution in [3.05, 3.63) is 79.2 Å². The molecule has 36 heavy (non-hydrogen) atoms. The van der Waals surface area contributed by atoms with Gasteiger partial charge in [0, 0.05) is 11.1 Å². The van der Waals surface area contributed by atoms with Crippen molar-refractivity contribution in [2.45, 2.75) is 33.7 Å². The first kappa shape index (κ1) is 23.9. The van der Waals surface area contributed by atoms with Crippen LogP contribution in [0.5, 0.6) is 0 Å². The minimum Gasteiger partial charge on any atom is -0.476 e. The molecule has 5 rings (SSSR count). The topological polar surface area (TPSA) is 118 Å². The molecule has 0 aliphatic rings. The molecule has 10 heteroatoms. The van der Waals surface area contributed by atoms with E-state index in [2.05, 4.69) is 15.3 Å². The van der Waals surface area contributed by atoms with E-state index in [4.69, 9.17) is 21.0 Å². The van der Waals surface area contributed by atoms with Gasteiger partial charge in [-0.2, -0.15) is 0 Å². The van der Waals surface area contributed by atoms with Crippen molar-refractivity contribution in [3.8, 4) is 11.5 Å². The van der Waals surface area contributed by atoms with Crippen molar-refractivity contribution < 1.29 is 14.3 Å². The van der Waals surface area contributed by atoms with Crippen LogP contribution in [0.3, 0.4) is 0 Å². The molecule has 0 spiro atoms. The lowest BCUT2D eigenvalue weighted by atomic mass is 9.99. The summed E-state index contributed by atoms with van der Waals surface area (Å²) in [5.41, 5.74) is 3.74. The fourth-order valence-electron chi connectivity index (χ4n) is 4.21. The Morgan fingerprint density at radius 1 is 1.11 bits per heavy atom. The number of nitrogens with one attached hydrogen (secondary N) is 1. The minimum atomic E-state index is -1.20. The summed E-state index contributed by atoms with van der Waals surface area (Å²) in [6.45, 7) is 7.40. The third-order valence-corrected chi connectivity index (χ3v) is 6.98. The molecule has 0 saturated carbocycles. The van der Waals surface area contributed by atoms with Crippen LogP contribution in [0.15, 0.2) is 45.6 Å². The van der Waals surface area contributed by atoms with Gasteiger partial charge >= 0.3 is 5.97 Å². The minimum absolute atomic E-state index is 0.0818. The van der Waals surface area contributed by atoms with Gasteiger partial charge in [-0.1, -0.05) is 29.0 Å². The van der Waals surface area contributed by atoms with Gasteiger partial charge in [-0.25, -0.2) is 19.7 Å². The van der Waals surface area contributed by atoms with Gasteiger partial charge < -0.3 is 14.8 Å². The number of aromatic nitrogens is 3. The van der Waals surface area contributed by atoms with Crippen molar-refractivity contribution in [1.29, 1.82) is 0 Å². The van der Waals surface area contributed by atoms with E-state index in [-0.39, 0.29) is 16.3 Å². The van der Waals surface area contributed by atoms with E-state index in [0.717, 1.165) is 20.9 Å². The number of pyridine rings is 2. The summed E-state index contributed by atoms with van der Waals surface area (Å²) in [5, 5.41) is 14.2. The Morgan fingerprint density at radius 3 is 2.64 bits per heavy atom. The molecule has 0 bridgehead atoms. The maximum absolute atomic E-state index is 13.4. The van der Waals surface area contributed by atoms with Crippen LogP contribution in [0.1, 0.15) is 45.2 Å². The standard InChI is InChI=1S/C26H21ClN4O4S/c1-11-9-15(13(3)28-17-7-8-20(27)31-21(17)26(33)34)24-16(10-11)22(32)12(2)23(35-24)18-5-6-19-25(30-18)36-14(4)29-19/h5-10,13,28H,1-4H3,(H,33,34). The fourth-order valence-corrected chi connectivity index (χ4v) is 5.15. The number of hydrogen-bond donors (Lipinski definition) is 2. The number of anilines is 1. The van der Waals surface area contributed by atoms with Gasteiger partial charge in [-0.15, -0.1) is 0 Å². The van der Waals surface area contributed by atoms with Gasteiger partial charge in [-0.3, -0.25) is 4.79 Å². The second-order valence-corrected chi connectivity index (χ2v) is 10.1. The summed E-state index contributed by atoms with van der Waals surface area (Å²) < 4.78 is 6.39. The summed E-state index contributed by atoms with van der Waals surface area (Å²) in [7, 11) is 0. The molecule has 0 fully saturated rings. The zero-order chi connectivity index (χ0) is 25.7. The lowest BCUT2D eigenvalue weighted by Crippen LogP contribution is -2.14. The van der Waals surface area contributed by atoms with E-state index in [0.29, 0.717) is 39.2 Å². The zero-order valence-electron chi connectivity index (χ0n) is 19.8. The highest BCUT2D eigenvalue weighted by Gasteiger charge is 2.22. The molecule has 2 N–H and O–H groups in total. The second-order valence-electron chi connectivity index (χ2n) is 8.57. The zero-order valence-corrected chi connectivity index (χ0v) is 21.4. The Hall–Kier alpha value is -3.82. The molecular weight excluding hydrogens is 500 g/mol. The lowest BCUT2D eigenvalue weighted by Gasteiger charge is -2.19. The average Bonchev–Trinajstić information content (AvgIpc) is 3.21. The Kier molecular flexibility index (Phi) is 5.97.